The molecule has 0 fully saturated rings. The van der Waals surface area contributed by atoms with Crippen molar-refractivity contribution in [1.82, 2.24) is 0 Å². The summed E-state index contributed by atoms with van der Waals surface area (Å²) in [6.45, 7) is 5.55. The molecule has 0 aromatic rings. The molecule has 1 atom stereocenters. The fraction of sp³-hybridized carbons (Fsp3) is 1.00. The predicted octanol–water partition coefficient (Wildman–Crippen LogP) is 0.766. The van der Waals surface area contributed by atoms with Crippen molar-refractivity contribution in [3.63, 3.8) is 0 Å². The first-order valence-corrected chi connectivity index (χ1v) is 3.35. The van der Waals surface area contributed by atoms with Crippen LogP contribution in [0.3, 0.4) is 0 Å². The largest absolute Gasteiger partial charge is 0.382 e. The minimum atomic E-state index is -1.06. The van der Waals surface area contributed by atoms with Gasteiger partial charge < -0.3 is 14.6 Å². The van der Waals surface area contributed by atoms with Gasteiger partial charge in [-0.05, 0) is 20.8 Å². The number of ether oxygens (including phenoxy) is 2. The number of methoxy groups -OCH3 is 1. The van der Waals surface area contributed by atoms with Crippen molar-refractivity contribution in [3.05, 3.63) is 0 Å². The van der Waals surface area contributed by atoms with Gasteiger partial charge in [-0.15, -0.1) is 0 Å². The van der Waals surface area contributed by atoms with E-state index >= 15 is 0 Å². The van der Waals surface area contributed by atoms with E-state index in [1.807, 2.05) is 6.92 Å². The van der Waals surface area contributed by atoms with Crippen LogP contribution in [0, 0.1) is 0 Å². The normalized spacial score (nSPS) is 15.3. The summed E-state index contributed by atoms with van der Waals surface area (Å²) in [6, 6.07) is 0. The van der Waals surface area contributed by atoms with E-state index in [9.17, 15) is 0 Å². The molecule has 3 heteroatoms. The van der Waals surface area contributed by atoms with Gasteiger partial charge in [0, 0.05) is 7.11 Å². The van der Waals surface area contributed by atoms with E-state index in [2.05, 4.69) is 0 Å². The molecule has 0 radical (unpaired) electrons. The zero-order valence-corrected chi connectivity index (χ0v) is 7.05. The average Bonchev–Trinajstić information content (AvgIpc) is 1.59. The Morgan fingerprint density at radius 2 is 2.00 bits per heavy atom. The first-order valence-electron chi connectivity index (χ1n) is 3.35. The standard InChI is InChI=1S/C7H16O3/c1-6(5-9-4)10-7(2,3)8/h6,8H,5H2,1-4H3. The lowest BCUT2D eigenvalue weighted by Gasteiger charge is -2.22. The Morgan fingerprint density at radius 1 is 1.50 bits per heavy atom. The van der Waals surface area contributed by atoms with Crippen LogP contribution < -0.4 is 0 Å². The summed E-state index contributed by atoms with van der Waals surface area (Å²) in [5, 5.41) is 9.14. The fourth-order valence-corrected chi connectivity index (χ4v) is 0.761. The zero-order chi connectivity index (χ0) is 8.20. The van der Waals surface area contributed by atoms with Crippen LogP contribution >= 0.6 is 0 Å². The van der Waals surface area contributed by atoms with E-state index < -0.39 is 5.79 Å². The van der Waals surface area contributed by atoms with Crippen LogP contribution in [0.5, 0.6) is 0 Å². The molecule has 0 aliphatic rings. The lowest BCUT2D eigenvalue weighted by Crippen LogP contribution is -2.30. The Bertz CT molecular complexity index is 85.3. The van der Waals surface area contributed by atoms with Crippen LogP contribution in [0.15, 0.2) is 0 Å². The summed E-state index contributed by atoms with van der Waals surface area (Å²) in [7, 11) is 1.60. The summed E-state index contributed by atoms with van der Waals surface area (Å²) < 4.78 is 9.92. The third kappa shape index (κ3) is 6.01. The van der Waals surface area contributed by atoms with Crippen molar-refractivity contribution in [3.8, 4) is 0 Å². The molecule has 3 nitrogen and oxygen atoms in total. The Kier molecular flexibility index (Phi) is 3.86. The lowest BCUT2D eigenvalue weighted by atomic mass is 10.3. The molecular weight excluding hydrogens is 132 g/mol. The van der Waals surface area contributed by atoms with Crippen LogP contribution in [-0.4, -0.2) is 30.7 Å². The smallest absolute Gasteiger partial charge is 0.160 e. The second kappa shape index (κ2) is 3.91. The monoisotopic (exact) mass is 148 g/mol. The molecule has 0 saturated carbocycles. The van der Waals surface area contributed by atoms with Crippen molar-refractivity contribution in [2.24, 2.45) is 0 Å². The topological polar surface area (TPSA) is 38.7 Å². The van der Waals surface area contributed by atoms with Gasteiger partial charge in [-0.3, -0.25) is 0 Å². The molecule has 0 aromatic carbocycles. The first kappa shape index (κ1) is 9.88. The van der Waals surface area contributed by atoms with Gasteiger partial charge in [0.2, 0.25) is 0 Å². The van der Waals surface area contributed by atoms with Crippen molar-refractivity contribution in [2.75, 3.05) is 13.7 Å². The van der Waals surface area contributed by atoms with E-state index in [4.69, 9.17) is 14.6 Å². The van der Waals surface area contributed by atoms with Crippen molar-refractivity contribution in [1.29, 1.82) is 0 Å². The van der Waals surface area contributed by atoms with E-state index in [1.54, 1.807) is 21.0 Å². The molecule has 62 valence electrons. The molecule has 0 aliphatic carbocycles. The highest BCUT2D eigenvalue weighted by molar-refractivity contribution is 4.54. The van der Waals surface area contributed by atoms with Crippen LogP contribution in [0.25, 0.3) is 0 Å². The Morgan fingerprint density at radius 3 is 2.30 bits per heavy atom. The Balaban J connectivity index is 3.47. The second-order valence-electron chi connectivity index (χ2n) is 2.83. The van der Waals surface area contributed by atoms with Gasteiger partial charge in [0.15, 0.2) is 5.79 Å². The molecule has 0 saturated heterocycles. The highest BCUT2D eigenvalue weighted by Crippen LogP contribution is 2.07. The van der Waals surface area contributed by atoms with E-state index in [-0.39, 0.29) is 6.10 Å². The summed E-state index contributed by atoms with van der Waals surface area (Å²) >= 11 is 0. The minimum Gasteiger partial charge on any atom is -0.382 e. The molecule has 0 aromatic heterocycles. The molecule has 0 spiro atoms. The third-order valence-corrected chi connectivity index (χ3v) is 0.891. The number of hydrogen-bond acceptors (Lipinski definition) is 3. The SMILES string of the molecule is COCC(C)OC(C)(C)O. The average molecular weight is 148 g/mol. The summed E-state index contributed by atoms with van der Waals surface area (Å²) in [5.74, 6) is -1.06. The summed E-state index contributed by atoms with van der Waals surface area (Å²) in [4.78, 5) is 0. The molecular formula is C7H16O3. The zero-order valence-electron chi connectivity index (χ0n) is 7.05. The van der Waals surface area contributed by atoms with Crippen LogP contribution in [0.4, 0.5) is 0 Å². The van der Waals surface area contributed by atoms with E-state index in [0.29, 0.717) is 6.61 Å². The Labute approximate surface area is 62.0 Å². The van der Waals surface area contributed by atoms with Gasteiger partial charge in [0.25, 0.3) is 0 Å². The maximum atomic E-state index is 9.14. The van der Waals surface area contributed by atoms with Crippen molar-refractivity contribution in [2.45, 2.75) is 32.7 Å². The number of hydrogen-bond donors (Lipinski definition) is 1. The highest BCUT2D eigenvalue weighted by Gasteiger charge is 2.16. The maximum absolute atomic E-state index is 9.14. The molecule has 1 N–H and O–H groups in total. The van der Waals surface area contributed by atoms with Crippen LogP contribution in [0.2, 0.25) is 0 Å². The fourth-order valence-electron chi connectivity index (χ4n) is 0.761. The number of aliphatic hydroxyl groups is 1. The molecule has 10 heavy (non-hydrogen) atoms. The molecule has 0 aliphatic heterocycles. The molecule has 0 rings (SSSR count). The van der Waals surface area contributed by atoms with E-state index in [1.165, 1.54) is 0 Å². The van der Waals surface area contributed by atoms with Gasteiger partial charge >= 0.3 is 0 Å². The molecule has 1 unspecified atom stereocenters. The number of rotatable bonds is 4. The maximum Gasteiger partial charge on any atom is 0.160 e. The third-order valence-electron chi connectivity index (χ3n) is 0.891. The molecule has 0 amide bonds. The van der Waals surface area contributed by atoms with Gasteiger partial charge in [-0.2, -0.15) is 0 Å². The van der Waals surface area contributed by atoms with Gasteiger partial charge in [0.05, 0.1) is 12.7 Å². The van der Waals surface area contributed by atoms with Crippen LogP contribution in [0.1, 0.15) is 20.8 Å². The summed E-state index contributed by atoms with van der Waals surface area (Å²) in [6.07, 6.45) is -0.0648. The summed E-state index contributed by atoms with van der Waals surface area (Å²) in [5.41, 5.74) is 0. The lowest BCUT2D eigenvalue weighted by molar-refractivity contribution is -0.209. The van der Waals surface area contributed by atoms with Gasteiger partial charge in [-0.25, -0.2) is 0 Å². The van der Waals surface area contributed by atoms with Gasteiger partial charge in [0.1, 0.15) is 0 Å². The predicted molar refractivity (Wildman–Crippen MR) is 38.7 cm³/mol. The highest BCUT2D eigenvalue weighted by atomic mass is 16.6. The minimum absolute atomic E-state index is 0.0648. The molecule has 0 bridgehead atoms. The van der Waals surface area contributed by atoms with Crippen LogP contribution in [-0.2, 0) is 9.47 Å². The Hall–Kier alpha value is -0.120. The van der Waals surface area contributed by atoms with Crippen molar-refractivity contribution >= 4 is 0 Å². The van der Waals surface area contributed by atoms with Gasteiger partial charge in [-0.1, -0.05) is 0 Å². The first-order chi connectivity index (χ1) is 4.45. The van der Waals surface area contributed by atoms with E-state index in [0.717, 1.165) is 0 Å². The quantitative estimate of drug-likeness (QED) is 0.598. The second-order valence-corrected chi connectivity index (χ2v) is 2.83. The van der Waals surface area contributed by atoms with Crippen molar-refractivity contribution < 1.29 is 14.6 Å². The molecule has 0 heterocycles.